The molecule has 26 heavy (non-hydrogen) atoms. The molecular formula is C23H29N2O+. The second-order valence-corrected chi connectivity index (χ2v) is 7.11. The number of H-pyrrole nitrogens is 1. The van der Waals surface area contributed by atoms with Gasteiger partial charge in [0.15, 0.2) is 6.04 Å². The molecule has 0 aliphatic rings. The van der Waals surface area contributed by atoms with Crippen molar-refractivity contribution in [1.82, 2.24) is 4.98 Å². The molecule has 3 aromatic rings. The Kier molecular flexibility index (Phi) is 5.89. The first kappa shape index (κ1) is 18.4. The van der Waals surface area contributed by atoms with E-state index in [2.05, 4.69) is 55.3 Å². The van der Waals surface area contributed by atoms with Gasteiger partial charge in [0, 0.05) is 28.2 Å². The molecule has 0 fully saturated rings. The summed E-state index contributed by atoms with van der Waals surface area (Å²) in [5.74, 6) is 0.179. The van der Waals surface area contributed by atoms with Crippen molar-refractivity contribution >= 4 is 16.7 Å². The summed E-state index contributed by atoms with van der Waals surface area (Å²) in [5.41, 5.74) is 4.21. The molecule has 0 amide bonds. The molecule has 0 spiro atoms. The number of nitrogens with two attached hydrogens (primary N) is 1. The largest absolute Gasteiger partial charge is 0.360 e. The average molecular weight is 349 g/mol. The van der Waals surface area contributed by atoms with Gasteiger partial charge in [-0.3, -0.25) is 4.79 Å². The monoisotopic (exact) mass is 349 g/mol. The van der Waals surface area contributed by atoms with E-state index in [4.69, 9.17) is 0 Å². The summed E-state index contributed by atoms with van der Waals surface area (Å²) in [7, 11) is 0. The van der Waals surface area contributed by atoms with Crippen LogP contribution in [-0.4, -0.2) is 16.8 Å². The number of aryl methyl sites for hydroxylation is 1. The summed E-state index contributed by atoms with van der Waals surface area (Å²) in [5, 5.41) is 3.26. The maximum absolute atomic E-state index is 13.5. The van der Waals surface area contributed by atoms with Gasteiger partial charge in [0.25, 0.3) is 0 Å². The third-order valence-electron chi connectivity index (χ3n) is 5.15. The Morgan fingerprint density at radius 1 is 1.08 bits per heavy atom. The average Bonchev–Trinajstić information content (AvgIpc) is 3.10. The molecule has 136 valence electrons. The van der Waals surface area contributed by atoms with Gasteiger partial charge < -0.3 is 10.3 Å². The standard InChI is InChI=1S/C23H28N2O/c1-4-10-16(3)25-22(18-11-7-6-8-12-18)23(26)20-15-24-21-17(5-2)13-9-14-19(20)21/h6-9,11-16,22,24-25H,4-5,10H2,1-3H3/p+1/t16-,22+/m0/s1. The second-order valence-electron chi connectivity index (χ2n) is 7.11. The maximum Gasteiger partial charge on any atom is 0.226 e. The van der Waals surface area contributed by atoms with Crippen LogP contribution in [0.15, 0.2) is 54.7 Å². The summed E-state index contributed by atoms with van der Waals surface area (Å²) in [4.78, 5) is 16.8. The predicted octanol–water partition coefficient (Wildman–Crippen LogP) is 4.41. The van der Waals surface area contributed by atoms with E-state index in [1.54, 1.807) is 0 Å². The first-order chi connectivity index (χ1) is 12.7. The Labute approximate surface area is 155 Å². The lowest BCUT2D eigenvalue weighted by Crippen LogP contribution is -2.91. The molecule has 3 heteroatoms. The van der Waals surface area contributed by atoms with Crippen LogP contribution in [-0.2, 0) is 6.42 Å². The van der Waals surface area contributed by atoms with Gasteiger partial charge in [-0.2, -0.15) is 0 Å². The number of para-hydroxylation sites is 1. The highest BCUT2D eigenvalue weighted by Gasteiger charge is 2.29. The molecule has 0 saturated carbocycles. The van der Waals surface area contributed by atoms with Gasteiger partial charge in [-0.05, 0) is 25.3 Å². The van der Waals surface area contributed by atoms with Gasteiger partial charge in [-0.25, -0.2) is 0 Å². The number of hydrogen-bond donors (Lipinski definition) is 2. The van der Waals surface area contributed by atoms with Gasteiger partial charge in [0.05, 0.1) is 6.04 Å². The number of nitrogens with one attached hydrogen (secondary N) is 1. The molecule has 0 saturated heterocycles. The van der Waals surface area contributed by atoms with Crippen molar-refractivity contribution < 1.29 is 10.1 Å². The molecule has 0 aliphatic heterocycles. The highest BCUT2D eigenvalue weighted by atomic mass is 16.1. The van der Waals surface area contributed by atoms with Crippen LogP contribution in [0.3, 0.4) is 0 Å². The molecular weight excluding hydrogens is 320 g/mol. The number of carbonyl (C=O) groups excluding carboxylic acids is 1. The second kappa shape index (κ2) is 8.33. The van der Waals surface area contributed by atoms with Crippen LogP contribution in [0.5, 0.6) is 0 Å². The number of aromatic amines is 1. The van der Waals surface area contributed by atoms with E-state index in [1.807, 2.05) is 30.5 Å². The highest BCUT2D eigenvalue weighted by molar-refractivity contribution is 6.10. The van der Waals surface area contributed by atoms with Crippen molar-refractivity contribution in [3.05, 3.63) is 71.4 Å². The minimum absolute atomic E-state index is 0.179. The lowest BCUT2D eigenvalue weighted by atomic mass is 9.95. The first-order valence-electron chi connectivity index (χ1n) is 9.68. The van der Waals surface area contributed by atoms with E-state index in [1.165, 1.54) is 5.56 Å². The fraction of sp³-hybridized carbons (Fsp3) is 0.348. The predicted molar refractivity (Wildman–Crippen MR) is 107 cm³/mol. The van der Waals surface area contributed by atoms with E-state index in [9.17, 15) is 4.79 Å². The van der Waals surface area contributed by atoms with Gasteiger partial charge in [0.1, 0.15) is 0 Å². The van der Waals surface area contributed by atoms with E-state index >= 15 is 0 Å². The fourth-order valence-electron chi connectivity index (χ4n) is 3.77. The van der Waals surface area contributed by atoms with E-state index in [0.717, 1.165) is 41.3 Å². The molecule has 0 radical (unpaired) electrons. The number of benzene rings is 2. The molecule has 1 aromatic heterocycles. The van der Waals surface area contributed by atoms with Gasteiger partial charge in [0.2, 0.25) is 5.78 Å². The lowest BCUT2D eigenvalue weighted by molar-refractivity contribution is -0.712. The quantitative estimate of drug-likeness (QED) is 0.582. The molecule has 3 rings (SSSR count). The molecule has 1 heterocycles. The number of carbonyl (C=O) groups is 1. The third-order valence-corrected chi connectivity index (χ3v) is 5.15. The van der Waals surface area contributed by atoms with Crippen LogP contribution in [0, 0.1) is 0 Å². The molecule has 2 atom stereocenters. The Morgan fingerprint density at radius 2 is 1.85 bits per heavy atom. The van der Waals surface area contributed by atoms with Crippen molar-refractivity contribution in [2.75, 3.05) is 0 Å². The summed E-state index contributed by atoms with van der Waals surface area (Å²) >= 11 is 0. The Morgan fingerprint density at radius 3 is 2.54 bits per heavy atom. The van der Waals surface area contributed by atoms with Crippen LogP contribution in [0.4, 0.5) is 0 Å². The number of Topliss-reactive ketones (excluding diaryl/α,β-unsaturated/α-hetero) is 1. The number of fused-ring (bicyclic) bond motifs is 1. The zero-order valence-electron chi connectivity index (χ0n) is 16.0. The molecule has 2 aromatic carbocycles. The first-order valence-corrected chi connectivity index (χ1v) is 9.68. The van der Waals surface area contributed by atoms with Gasteiger partial charge >= 0.3 is 0 Å². The van der Waals surface area contributed by atoms with Crippen LogP contribution in [0.2, 0.25) is 0 Å². The Balaban J connectivity index is 2.00. The van der Waals surface area contributed by atoms with Crippen molar-refractivity contribution in [3.8, 4) is 0 Å². The lowest BCUT2D eigenvalue weighted by Gasteiger charge is -2.19. The van der Waals surface area contributed by atoms with Crippen molar-refractivity contribution in [2.45, 2.75) is 52.1 Å². The van der Waals surface area contributed by atoms with Crippen molar-refractivity contribution in [3.63, 3.8) is 0 Å². The van der Waals surface area contributed by atoms with Crippen LogP contribution in [0.25, 0.3) is 10.9 Å². The van der Waals surface area contributed by atoms with Gasteiger partial charge in [-0.15, -0.1) is 0 Å². The topological polar surface area (TPSA) is 49.5 Å². The van der Waals surface area contributed by atoms with Crippen LogP contribution < -0.4 is 5.32 Å². The normalized spacial score (nSPS) is 13.7. The zero-order chi connectivity index (χ0) is 18.5. The van der Waals surface area contributed by atoms with Crippen molar-refractivity contribution in [2.24, 2.45) is 0 Å². The third kappa shape index (κ3) is 3.73. The smallest absolute Gasteiger partial charge is 0.226 e. The molecule has 3 nitrogen and oxygen atoms in total. The molecule has 0 unspecified atom stereocenters. The fourth-order valence-corrected chi connectivity index (χ4v) is 3.77. The van der Waals surface area contributed by atoms with Crippen LogP contribution >= 0.6 is 0 Å². The van der Waals surface area contributed by atoms with Crippen molar-refractivity contribution in [1.29, 1.82) is 0 Å². The minimum atomic E-state index is -0.206. The summed E-state index contributed by atoms with van der Waals surface area (Å²) in [6, 6.07) is 16.6. The Bertz CT molecular complexity index is 866. The van der Waals surface area contributed by atoms with Gasteiger partial charge in [-0.1, -0.05) is 68.8 Å². The Hall–Kier alpha value is -2.39. The summed E-state index contributed by atoms with van der Waals surface area (Å²) < 4.78 is 0. The summed E-state index contributed by atoms with van der Waals surface area (Å²) in [6.45, 7) is 6.54. The highest BCUT2D eigenvalue weighted by Crippen LogP contribution is 2.25. The van der Waals surface area contributed by atoms with E-state index in [-0.39, 0.29) is 11.8 Å². The number of quaternary nitrogens is 1. The molecule has 3 N–H and O–H groups in total. The maximum atomic E-state index is 13.5. The molecule has 0 aliphatic carbocycles. The van der Waals surface area contributed by atoms with E-state index in [0.29, 0.717) is 6.04 Å². The SMILES string of the molecule is CCC[C@H](C)[NH2+][C@@H](C(=O)c1c[nH]c2c(CC)cccc12)c1ccccc1. The summed E-state index contributed by atoms with van der Waals surface area (Å²) in [6.07, 6.45) is 5.07. The molecule has 0 bridgehead atoms. The number of hydrogen-bond acceptors (Lipinski definition) is 1. The number of ketones is 1. The zero-order valence-corrected chi connectivity index (χ0v) is 16.0. The minimum Gasteiger partial charge on any atom is -0.360 e. The van der Waals surface area contributed by atoms with E-state index < -0.39 is 0 Å². The number of rotatable bonds is 8. The number of aromatic nitrogens is 1. The van der Waals surface area contributed by atoms with Crippen LogP contribution in [0.1, 0.15) is 61.1 Å².